The van der Waals surface area contributed by atoms with Crippen molar-refractivity contribution >= 4 is 5.91 Å². The maximum Gasteiger partial charge on any atom is 0.220 e. The maximum atomic E-state index is 10.9. The van der Waals surface area contributed by atoms with Crippen LogP contribution in [0.2, 0.25) is 0 Å². The lowest BCUT2D eigenvalue weighted by atomic mass is 10.1. The first-order valence-electron chi connectivity index (χ1n) is 4.68. The van der Waals surface area contributed by atoms with E-state index in [1.54, 1.807) is 0 Å². The molecule has 1 fully saturated rings. The second-order valence-electron chi connectivity index (χ2n) is 3.49. The molecule has 1 saturated heterocycles. The third-order valence-electron chi connectivity index (χ3n) is 2.41. The molecule has 1 amide bonds. The van der Waals surface area contributed by atoms with Gasteiger partial charge in [-0.25, -0.2) is 0 Å². The first-order valence-corrected chi connectivity index (χ1v) is 4.68. The largest absolute Gasteiger partial charge is 0.353 e. The van der Waals surface area contributed by atoms with Gasteiger partial charge in [0.25, 0.3) is 0 Å². The summed E-state index contributed by atoms with van der Waals surface area (Å²) in [6, 6.07) is 10.6. The SMILES string of the molecule is O=C1CC[C@H](Cc2ccccc2)N1. The first-order chi connectivity index (χ1) is 6.34. The van der Waals surface area contributed by atoms with Crippen molar-refractivity contribution in [3.05, 3.63) is 35.9 Å². The van der Waals surface area contributed by atoms with Crippen LogP contribution < -0.4 is 5.32 Å². The molecule has 1 heterocycles. The minimum atomic E-state index is 0.195. The molecule has 0 saturated carbocycles. The van der Waals surface area contributed by atoms with Gasteiger partial charge in [-0.2, -0.15) is 0 Å². The van der Waals surface area contributed by atoms with Crippen LogP contribution in [0.5, 0.6) is 0 Å². The summed E-state index contributed by atoms with van der Waals surface area (Å²) in [6.45, 7) is 0. The average molecular weight is 175 g/mol. The molecule has 0 aromatic heterocycles. The summed E-state index contributed by atoms with van der Waals surface area (Å²) in [5.41, 5.74) is 1.30. The van der Waals surface area contributed by atoms with Gasteiger partial charge in [-0.1, -0.05) is 30.3 Å². The highest BCUT2D eigenvalue weighted by molar-refractivity contribution is 5.78. The van der Waals surface area contributed by atoms with E-state index in [9.17, 15) is 4.79 Å². The smallest absolute Gasteiger partial charge is 0.220 e. The summed E-state index contributed by atoms with van der Waals surface area (Å²) < 4.78 is 0. The standard InChI is InChI=1S/C11H13NO/c13-11-7-6-10(12-11)8-9-4-2-1-3-5-9/h1-5,10H,6-8H2,(H,12,13)/t10-/m1/s1. The van der Waals surface area contributed by atoms with Crippen molar-refractivity contribution in [3.63, 3.8) is 0 Å². The number of amides is 1. The fourth-order valence-electron chi connectivity index (χ4n) is 1.73. The fraction of sp³-hybridized carbons (Fsp3) is 0.364. The minimum Gasteiger partial charge on any atom is -0.353 e. The summed E-state index contributed by atoms with van der Waals surface area (Å²) in [6.07, 6.45) is 2.64. The molecule has 0 bridgehead atoms. The molecule has 0 aliphatic carbocycles. The normalized spacial score (nSPS) is 21.5. The number of hydrogen-bond acceptors (Lipinski definition) is 1. The van der Waals surface area contributed by atoms with Crippen molar-refractivity contribution in [2.45, 2.75) is 25.3 Å². The molecule has 1 aromatic carbocycles. The highest BCUT2D eigenvalue weighted by Gasteiger charge is 2.20. The molecule has 1 aromatic rings. The topological polar surface area (TPSA) is 29.1 Å². The number of rotatable bonds is 2. The van der Waals surface area contributed by atoms with Crippen molar-refractivity contribution in [1.82, 2.24) is 5.32 Å². The summed E-state index contributed by atoms with van der Waals surface area (Å²) in [4.78, 5) is 10.9. The van der Waals surface area contributed by atoms with Crippen molar-refractivity contribution in [2.24, 2.45) is 0 Å². The molecule has 2 nitrogen and oxygen atoms in total. The molecule has 0 spiro atoms. The van der Waals surface area contributed by atoms with Crippen molar-refractivity contribution in [3.8, 4) is 0 Å². The van der Waals surface area contributed by atoms with Gasteiger partial charge in [-0.15, -0.1) is 0 Å². The third kappa shape index (κ3) is 2.08. The van der Waals surface area contributed by atoms with Crippen molar-refractivity contribution < 1.29 is 4.79 Å². The zero-order valence-electron chi connectivity index (χ0n) is 7.49. The Balaban J connectivity index is 1.96. The maximum absolute atomic E-state index is 10.9. The molecule has 1 atom stereocenters. The van der Waals surface area contributed by atoms with Crippen LogP contribution in [0.3, 0.4) is 0 Å². The molecule has 0 radical (unpaired) electrons. The van der Waals surface area contributed by atoms with E-state index in [2.05, 4.69) is 17.4 Å². The predicted molar refractivity (Wildman–Crippen MR) is 51.3 cm³/mol. The Morgan fingerprint density at radius 3 is 2.69 bits per heavy atom. The third-order valence-corrected chi connectivity index (χ3v) is 2.41. The highest BCUT2D eigenvalue weighted by atomic mass is 16.1. The Morgan fingerprint density at radius 2 is 2.08 bits per heavy atom. The van der Waals surface area contributed by atoms with Crippen LogP contribution in [0.1, 0.15) is 18.4 Å². The van der Waals surface area contributed by atoms with Crippen LogP contribution in [0.15, 0.2) is 30.3 Å². The van der Waals surface area contributed by atoms with Gasteiger partial charge in [0.2, 0.25) is 5.91 Å². The Morgan fingerprint density at radius 1 is 1.31 bits per heavy atom. The number of carbonyl (C=O) groups is 1. The number of benzene rings is 1. The van der Waals surface area contributed by atoms with E-state index in [-0.39, 0.29) is 5.91 Å². The average Bonchev–Trinajstić information content (AvgIpc) is 2.53. The van der Waals surface area contributed by atoms with Crippen molar-refractivity contribution in [2.75, 3.05) is 0 Å². The molecule has 13 heavy (non-hydrogen) atoms. The molecule has 1 aliphatic rings. The summed E-state index contributed by atoms with van der Waals surface area (Å²) in [7, 11) is 0. The molecule has 0 unspecified atom stereocenters. The second-order valence-corrected chi connectivity index (χ2v) is 3.49. The molecule has 1 N–H and O–H groups in total. The van der Waals surface area contributed by atoms with Crippen LogP contribution >= 0.6 is 0 Å². The van der Waals surface area contributed by atoms with E-state index >= 15 is 0 Å². The van der Waals surface area contributed by atoms with Gasteiger partial charge in [-0.05, 0) is 18.4 Å². The van der Waals surface area contributed by atoms with Crippen molar-refractivity contribution in [1.29, 1.82) is 0 Å². The molecule has 2 heteroatoms. The van der Waals surface area contributed by atoms with E-state index in [0.29, 0.717) is 12.5 Å². The second kappa shape index (κ2) is 3.60. The van der Waals surface area contributed by atoms with Gasteiger partial charge in [0.1, 0.15) is 0 Å². The first kappa shape index (κ1) is 8.30. The Hall–Kier alpha value is -1.31. The van der Waals surface area contributed by atoms with E-state index in [0.717, 1.165) is 12.8 Å². The van der Waals surface area contributed by atoms with E-state index in [1.165, 1.54) is 5.56 Å². The van der Waals surface area contributed by atoms with Gasteiger partial charge in [-0.3, -0.25) is 4.79 Å². The quantitative estimate of drug-likeness (QED) is 0.725. The number of hydrogen-bond donors (Lipinski definition) is 1. The molecular weight excluding hydrogens is 162 g/mol. The van der Waals surface area contributed by atoms with Crippen LogP contribution in [0, 0.1) is 0 Å². The van der Waals surface area contributed by atoms with Gasteiger partial charge in [0.15, 0.2) is 0 Å². The zero-order chi connectivity index (χ0) is 9.10. The Labute approximate surface area is 78.0 Å². The summed E-state index contributed by atoms with van der Waals surface area (Å²) in [5, 5.41) is 2.96. The number of carbonyl (C=O) groups excluding carboxylic acids is 1. The molecule has 1 aliphatic heterocycles. The van der Waals surface area contributed by atoms with Crippen LogP contribution in [0.4, 0.5) is 0 Å². The molecular formula is C11H13NO. The van der Waals surface area contributed by atoms with E-state index in [1.807, 2.05) is 18.2 Å². The predicted octanol–water partition coefficient (Wildman–Crippen LogP) is 1.51. The molecule has 68 valence electrons. The lowest BCUT2D eigenvalue weighted by Gasteiger charge is -2.08. The lowest BCUT2D eigenvalue weighted by Crippen LogP contribution is -2.27. The molecule has 2 rings (SSSR count). The summed E-state index contributed by atoms with van der Waals surface area (Å²) >= 11 is 0. The van der Waals surface area contributed by atoms with Gasteiger partial charge < -0.3 is 5.32 Å². The van der Waals surface area contributed by atoms with Gasteiger partial charge in [0.05, 0.1) is 0 Å². The van der Waals surface area contributed by atoms with E-state index < -0.39 is 0 Å². The van der Waals surface area contributed by atoms with E-state index in [4.69, 9.17) is 0 Å². The Kier molecular flexibility index (Phi) is 2.30. The van der Waals surface area contributed by atoms with Gasteiger partial charge >= 0.3 is 0 Å². The highest BCUT2D eigenvalue weighted by Crippen LogP contribution is 2.12. The minimum absolute atomic E-state index is 0.195. The zero-order valence-corrected chi connectivity index (χ0v) is 7.49. The lowest BCUT2D eigenvalue weighted by molar-refractivity contribution is -0.119. The Bertz CT molecular complexity index is 294. The number of nitrogens with one attached hydrogen (secondary N) is 1. The monoisotopic (exact) mass is 175 g/mol. The summed E-state index contributed by atoms with van der Waals surface area (Å²) in [5.74, 6) is 0.195. The van der Waals surface area contributed by atoms with Crippen LogP contribution in [-0.2, 0) is 11.2 Å². The van der Waals surface area contributed by atoms with Crippen LogP contribution in [-0.4, -0.2) is 11.9 Å². The van der Waals surface area contributed by atoms with Crippen LogP contribution in [0.25, 0.3) is 0 Å². The van der Waals surface area contributed by atoms with Gasteiger partial charge in [0, 0.05) is 12.5 Å². The fourth-order valence-corrected chi connectivity index (χ4v) is 1.73.